The molecule has 0 bridgehead atoms. The summed E-state index contributed by atoms with van der Waals surface area (Å²) in [6.07, 6.45) is 4.33. The third kappa shape index (κ3) is 4.07. The molecule has 0 radical (unpaired) electrons. The fraction of sp³-hybridized carbons (Fsp3) is 0.136. The van der Waals surface area contributed by atoms with Gasteiger partial charge in [-0.2, -0.15) is 0 Å². The number of aryl methyl sites for hydroxylation is 2. The number of nitrogens with zero attached hydrogens (tertiary/aromatic N) is 3. The van der Waals surface area contributed by atoms with Crippen molar-refractivity contribution in [3.63, 3.8) is 0 Å². The van der Waals surface area contributed by atoms with Gasteiger partial charge < -0.3 is 14.5 Å². The smallest absolute Gasteiger partial charge is 0.255 e. The Kier molecular flexibility index (Phi) is 5.18. The summed E-state index contributed by atoms with van der Waals surface area (Å²) in [6.45, 7) is 4.10. The molecular weight excluding hydrogens is 388 g/mol. The molecule has 0 spiro atoms. The molecule has 1 amide bonds. The minimum absolute atomic E-state index is 0.203. The topological polar surface area (TPSA) is 68.5 Å². The first-order valence-corrected chi connectivity index (χ1v) is 9.59. The lowest BCUT2D eigenvalue weighted by molar-refractivity contribution is 0.102. The zero-order valence-electron chi connectivity index (χ0n) is 16.0. The summed E-state index contributed by atoms with van der Waals surface area (Å²) in [5, 5.41) is 3.47. The van der Waals surface area contributed by atoms with E-state index in [0.717, 1.165) is 23.5 Å². The zero-order chi connectivity index (χ0) is 20.4. The van der Waals surface area contributed by atoms with E-state index in [9.17, 15) is 4.79 Å². The summed E-state index contributed by atoms with van der Waals surface area (Å²) in [4.78, 5) is 21.3. The van der Waals surface area contributed by atoms with E-state index in [-0.39, 0.29) is 5.91 Å². The van der Waals surface area contributed by atoms with Crippen LogP contribution >= 0.6 is 11.6 Å². The van der Waals surface area contributed by atoms with Gasteiger partial charge in [-0.3, -0.25) is 4.79 Å². The monoisotopic (exact) mass is 406 g/mol. The number of benzene rings is 1. The Morgan fingerprint density at radius 2 is 1.97 bits per heavy atom. The third-order valence-corrected chi connectivity index (χ3v) is 4.82. The molecule has 0 aliphatic carbocycles. The highest BCUT2D eigenvalue weighted by Crippen LogP contribution is 2.23. The summed E-state index contributed by atoms with van der Waals surface area (Å²) in [7, 11) is 0. The standard InChI is InChI=1S/C22H19ClN4O2/c1-3-19-14(2)27-13-17(6-9-20(27)26-19)25-22(28)15-4-7-18(8-5-15)29-21-12-16(23)10-11-24-21/h4-13H,3H2,1-2H3,(H,25,28). The maximum atomic E-state index is 12.6. The molecule has 7 heteroatoms. The number of hydrogen-bond acceptors (Lipinski definition) is 4. The van der Waals surface area contributed by atoms with Crippen LogP contribution in [-0.2, 0) is 6.42 Å². The second kappa shape index (κ2) is 7.93. The fourth-order valence-electron chi connectivity index (χ4n) is 3.06. The molecule has 29 heavy (non-hydrogen) atoms. The number of pyridine rings is 2. The predicted molar refractivity (Wildman–Crippen MR) is 113 cm³/mol. The Hall–Kier alpha value is -3.38. The number of aromatic nitrogens is 3. The number of nitrogens with one attached hydrogen (secondary N) is 1. The van der Waals surface area contributed by atoms with Crippen LogP contribution in [0.5, 0.6) is 11.6 Å². The van der Waals surface area contributed by atoms with Crippen molar-refractivity contribution in [1.82, 2.24) is 14.4 Å². The number of ether oxygens (including phenoxy) is 1. The van der Waals surface area contributed by atoms with Crippen LogP contribution in [0.1, 0.15) is 28.7 Å². The van der Waals surface area contributed by atoms with Gasteiger partial charge in [-0.1, -0.05) is 18.5 Å². The van der Waals surface area contributed by atoms with Gasteiger partial charge in [-0.25, -0.2) is 9.97 Å². The van der Waals surface area contributed by atoms with Crippen molar-refractivity contribution in [1.29, 1.82) is 0 Å². The summed E-state index contributed by atoms with van der Waals surface area (Å²) in [5.74, 6) is 0.759. The Morgan fingerprint density at radius 3 is 2.69 bits per heavy atom. The molecule has 0 saturated heterocycles. The summed E-state index contributed by atoms with van der Waals surface area (Å²) >= 11 is 5.93. The van der Waals surface area contributed by atoms with Crippen molar-refractivity contribution in [2.75, 3.05) is 5.32 Å². The van der Waals surface area contributed by atoms with Crippen LogP contribution < -0.4 is 10.1 Å². The molecule has 0 fully saturated rings. The van der Waals surface area contributed by atoms with Crippen molar-refractivity contribution >= 4 is 28.8 Å². The maximum absolute atomic E-state index is 12.6. The van der Waals surface area contributed by atoms with E-state index in [1.807, 2.05) is 29.7 Å². The van der Waals surface area contributed by atoms with E-state index in [0.29, 0.717) is 27.9 Å². The lowest BCUT2D eigenvalue weighted by Crippen LogP contribution is -2.12. The molecule has 3 aromatic heterocycles. The van der Waals surface area contributed by atoms with E-state index in [2.05, 4.69) is 22.2 Å². The molecular formula is C22H19ClN4O2. The number of fused-ring (bicyclic) bond motifs is 1. The Labute approximate surface area is 173 Å². The van der Waals surface area contributed by atoms with Crippen LogP contribution in [-0.4, -0.2) is 20.3 Å². The Balaban J connectivity index is 1.48. The SMILES string of the molecule is CCc1nc2ccc(NC(=O)c3ccc(Oc4cc(Cl)ccn4)cc3)cn2c1C. The third-order valence-electron chi connectivity index (χ3n) is 4.58. The van der Waals surface area contributed by atoms with Crippen LogP contribution in [0.3, 0.4) is 0 Å². The molecule has 0 unspecified atom stereocenters. The number of hydrogen-bond donors (Lipinski definition) is 1. The Morgan fingerprint density at radius 1 is 1.17 bits per heavy atom. The quantitative estimate of drug-likeness (QED) is 0.488. The molecule has 4 aromatic rings. The minimum Gasteiger partial charge on any atom is -0.439 e. The number of carbonyl (C=O) groups excluding carboxylic acids is 1. The average Bonchev–Trinajstić information content (AvgIpc) is 3.04. The second-order valence-electron chi connectivity index (χ2n) is 6.54. The minimum atomic E-state index is -0.203. The highest BCUT2D eigenvalue weighted by atomic mass is 35.5. The summed E-state index contributed by atoms with van der Waals surface area (Å²) in [5.41, 5.74) is 4.23. The molecule has 4 rings (SSSR count). The molecule has 0 aliphatic heterocycles. The van der Waals surface area contributed by atoms with E-state index < -0.39 is 0 Å². The molecule has 146 valence electrons. The second-order valence-corrected chi connectivity index (χ2v) is 6.97. The molecule has 1 aromatic carbocycles. The van der Waals surface area contributed by atoms with Crippen molar-refractivity contribution < 1.29 is 9.53 Å². The highest BCUT2D eigenvalue weighted by molar-refractivity contribution is 6.30. The maximum Gasteiger partial charge on any atom is 0.255 e. The zero-order valence-corrected chi connectivity index (χ0v) is 16.8. The molecule has 0 saturated carbocycles. The van der Waals surface area contributed by atoms with Gasteiger partial charge in [-0.15, -0.1) is 0 Å². The first kappa shape index (κ1) is 19.0. The van der Waals surface area contributed by atoms with Crippen molar-refractivity contribution in [2.24, 2.45) is 0 Å². The van der Waals surface area contributed by atoms with Crippen molar-refractivity contribution in [3.8, 4) is 11.6 Å². The average molecular weight is 407 g/mol. The van der Waals surface area contributed by atoms with Gasteiger partial charge in [-0.05, 0) is 55.8 Å². The number of amides is 1. The van der Waals surface area contributed by atoms with E-state index in [1.54, 1.807) is 42.6 Å². The first-order chi connectivity index (χ1) is 14.0. The largest absolute Gasteiger partial charge is 0.439 e. The van der Waals surface area contributed by atoms with Crippen LogP contribution in [0.4, 0.5) is 5.69 Å². The molecule has 0 aliphatic rings. The summed E-state index contributed by atoms with van der Waals surface area (Å²) in [6, 6.07) is 13.9. The first-order valence-electron chi connectivity index (χ1n) is 9.22. The van der Waals surface area contributed by atoms with Gasteiger partial charge in [0.05, 0.1) is 11.4 Å². The van der Waals surface area contributed by atoms with Crippen LogP contribution in [0.15, 0.2) is 60.9 Å². The number of imidazole rings is 1. The van der Waals surface area contributed by atoms with Crippen LogP contribution in [0, 0.1) is 6.92 Å². The predicted octanol–water partition coefficient (Wildman–Crippen LogP) is 5.30. The highest BCUT2D eigenvalue weighted by Gasteiger charge is 2.10. The van der Waals surface area contributed by atoms with E-state index in [4.69, 9.17) is 16.3 Å². The van der Waals surface area contributed by atoms with Crippen molar-refractivity contribution in [2.45, 2.75) is 20.3 Å². The normalized spacial score (nSPS) is 10.9. The number of rotatable bonds is 5. The van der Waals surface area contributed by atoms with Crippen molar-refractivity contribution in [3.05, 3.63) is 82.9 Å². The van der Waals surface area contributed by atoms with Crippen LogP contribution in [0.2, 0.25) is 5.02 Å². The van der Waals surface area contributed by atoms with Gasteiger partial charge in [0, 0.05) is 34.7 Å². The number of halogens is 1. The van der Waals surface area contributed by atoms with Gasteiger partial charge in [0.25, 0.3) is 5.91 Å². The van der Waals surface area contributed by atoms with E-state index >= 15 is 0 Å². The molecule has 3 heterocycles. The lowest BCUT2D eigenvalue weighted by Gasteiger charge is -2.08. The van der Waals surface area contributed by atoms with Gasteiger partial charge in [0.15, 0.2) is 0 Å². The Bertz CT molecular complexity index is 1190. The number of anilines is 1. The van der Waals surface area contributed by atoms with Gasteiger partial charge >= 0.3 is 0 Å². The number of carbonyl (C=O) groups is 1. The van der Waals surface area contributed by atoms with Gasteiger partial charge in [0.1, 0.15) is 11.4 Å². The molecule has 0 atom stereocenters. The van der Waals surface area contributed by atoms with E-state index in [1.165, 1.54) is 0 Å². The lowest BCUT2D eigenvalue weighted by atomic mass is 10.2. The molecule has 1 N–H and O–H groups in total. The fourth-order valence-corrected chi connectivity index (χ4v) is 3.21. The summed E-state index contributed by atoms with van der Waals surface area (Å²) < 4.78 is 7.64. The van der Waals surface area contributed by atoms with Gasteiger partial charge in [0.2, 0.25) is 5.88 Å². The molecule has 6 nitrogen and oxygen atoms in total. The van der Waals surface area contributed by atoms with Crippen LogP contribution in [0.25, 0.3) is 5.65 Å².